The van der Waals surface area contributed by atoms with Crippen LogP contribution in [0, 0.1) is 0 Å². The second-order valence-electron chi connectivity index (χ2n) is 1.96. The van der Waals surface area contributed by atoms with Crippen molar-refractivity contribution in [1.82, 2.24) is 10.0 Å². The predicted molar refractivity (Wildman–Crippen MR) is 39.0 cm³/mol. The predicted octanol–water partition coefficient (Wildman–Crippen LogP) is -1.67. The Hall–Kier alpha value is -1.31. The third-order valence-electron chi connectivity index (χ3n) is 0.699. The van der Waals surface area contributed by atoms with Gasteiger partial charge in [-0.15, -0.1) is 0 Å². The van der Waals surface area contributed by atoms with E-state index >= 15 is 0 Å². The quantitative estimate of drug-likeness (QED) is 0.499. The molecule has 0 spiro atoms. The van der Waals surface area contributed by atoms with Crippen LogP contribution in [0.15, 0.2) is 0 Å². The van der Waals surface area contributed by atoms with Crippen LogP contribution >= 0.6 is 0 Å². The minimum Gasteiger partial charge on any atom is -0.465 e. The van der Waals surface area contributed by atoms with Crippen LogP contribution in [-0.2, 0) is 14.8 Å². The number of carboxylic acid groups (broad SMARTS) is 1. The summed E-state index contributed by atoms with van der Waals surface area (Å²) < 4.78 is 22.3. The molecule has 0 fully saturated rings. The van der Waals surface area contributed by atoms with Crippen LogP contribution in [0.2, 0.25) is 0 Å². The van der Waals surface area contributed by atoms with Gasteiger partial charge in [0, 0.05) is 0 Å². The summed E-state index contributed by atoms with van der Waals surface area (Å²) >= 11 is 0. The Morgan fingerprint density at radius 3 is 2.25 bits per heavy atom. The van der Waals surface area contributed by atoms with Crippen LogP contribution < -0.4 is 10.0 Å². The number of sulfonamides is 1. The molecule has 0 saturated heterocycles. The van der Waals surface area contributed by atoms with Crippen molar-refractivity contribution in [2.75, 3.05) is 12.8 Å². The lowest BCUT2D eigenvalue weighted by Gasteiger charge is -2.01. The monoisotopic (exact) mass is 196 g/mol. The van der Waals surface area contributed by atoms with Crippen LogP contribution in [0.25, 0.3) is 0 Å². The molecule has 0 atom stereocenters. The molecule has 0 saturated carbocycles. The van der Waals surface area contributed by atoms with Crippen molar-refractivity contribution in [3.63, 3.8) is 0 Å². The molecule has 0 aliphatic heterocycles. The molecule has 0 aliphatic carbocycles. The van der Waals surface area contributed by atoms with Crippen molar-refractivity contribution in [1.29, 1.82) is 0 Å². The van der Waals surface area contributed by atoms with Crippen LogP contribution in [0.1, 0.15) is 0 Å². The van der Waals surface area contributed by atoms with Crippen LogP contribution in [-0.4, -0.2) is 38.3 Å². The molecule has 7 nitrogen and oxygen atoms in total. The van der Waals surface area contributed by atoms with Gasteiger partial charge >= 0.3 is 6.09 Å². The van der Waals surface area contributed by atoms with E-state index in [2.05, 4.69) is 0 Å². The fraction of sp³-hybridized carbons (Fsp3) is 0.500. The van der Waals surface area contributed by atoms with Gasteiger partial charge < -0.3 is 10.4 Å². The minimum atomic E-state index is -3.60. The zero-order chi connectivity index (χ0) is 9.78. The van der Waals surface area contributed by atoms with Gasteiger partial charge in [0.1, 0.15) is 6.54 Å². The summed E-state index contributed by atoms with van der Waals surface area (Å²) in [7, 11) is -3.60. The Labute approximate surface area is 68.8 Å². The number of amides is 2. The molecule has 0 aromatic carbocycles. The van der Waals surface area contributed by atoms with E-state index in [0.717, 1.165) is 6.26 Å². The molecule has 0 rings (SSSR count). The number of hydrogen-bond acceptors (Lipinski definition) is 4. The lowest BCUT2D eigenvalue weighted by atomic mass is 10.6. The molecule has 0 aromatic rings. The maximum atomic E-state index is 10.5. The summed E-state index contributed by atoms with van der Waals surface area (Å²) in [6.45, 7) is -0.581. The van der Waals surface area contributed by atoms with Crippen LogP contribution in [0.5, 0.6) is 0 Å². The second-order valence-corrected chi connectivity index (χ2v) is 3.70. The number of carbonyl (C=O) groups is 2. The van der Waals surface area contributed by atoms with E-state index in [1.54, 1.807) is 10.0 Å². The topological polar surface area (TPSA) is 113 Å². The average Bonchev–Trinajstić information content (AvgIpc) is 1.79. The first-order valence-corrected chi connectivity index (χ1v) is 4.68. The normalized spacial score (nSPS) is 10.4. The van der Waals surface area contributed by atoms with Crippen LogP contribution in [0.3, 0.4) is 0 Å². The highest BCUT2D eigenvalue weighted by Crippen LogP contribution is 1.73. The first-order valence-electron chi connectivity index (χ1n) is 2.78. The zero-order valence-corrected chi connectivity index (χ0v) is 7.01. The molecule has 70 valence electrons. The second kappa shape index (κ2) is 3.90. The fourth-order valence-corrected chi connectivity index (χ4v) is 0.884. The molecular formula is C4H8N2O5S. The minimum absolute atomic E-state index is 0.581. The SMILES string of the molecule is CS(=O)(=O)NC(=O)CNC(=O)O. The molecule has 0 radical (unpaired) electrons. The Morgan fingerprint density at radius 1 is 1.42 bits per heavy atom. The smallest absolute Gasteiger partial charge is 0.405 e. The molecule has 12 heavy (non-hydrogen) atoms. The molecule has 0 aromatic heterocycles. The highest BCUT2D eigenvalue weighted by Gasteiger charge is 2.08. The van der Waals surface area contributed by atoms with E-state index < -0.39 is 28.6 Å². The summed E-state index contributed by atoms with van der Waals surface area (Å²) in [5, 5.41) is 9.73. The van der Waals surface area contributed by atoms with Crippen molar-refractivity contribution < 1.29 is 23.1 Å². The zero-order valence-electron chi connectivity index (χ0n) is 6.20. The third kappa shape index (κ3) is 6.81. The number of rotatable bonds is 3. The van der Waals surface area contributed by atoms with E-state index in [-0.39, 0.29) is 0 Å². The third-order valence-corrected chi connectivity index (χ3v) is 1.30. The van der Waals surface area contributed by atoms with Gasteiger partial charge in [-0.25, -0.2) is 13.2 Å². The van der Waals surface area contributed by atoms with Gasteiger partial charge in [-0.3, -0.25) is 9.52 Å². The average molecular weight is 196 g/mol. The van der Waals surface area contributed by atoms with E-state index in [0.29, 0.717) is 0 Å². The van der Waals surface area contributed by atoms with Gasteiger partial charge in [-0.05, 0) is 0 Å². The number of carbonyl (C=O) groups excluding carboxylic acids is 1. The lowest BCUT2D eigenvalue weighted by molar-refractivity contribution is -0.118. The Balaban J connectivity index is 3.84. The molecular weight excluding hydrogens is 188 g/mol. The standard InChI is InChI=1S/C4H8N2O5S/c1-12(10,11)6-3(7)2-5-4(8)9/h5H,2H2,1H3,(H,6,7)(H,8,9). The Kier molecular flexibility index (Phi) is 3.48. The molecule has 2 amide bonds. The molecule has 0 bridgehead atoms. The summed E-state index contributed by atoms with van der Waals surface area (Å²) in [5.41, 5.74) is 0. The van der Waals surface area contributed by atoms with Crippen LogP contribution in [0.4, 0.5) is 4.79 Å². The van der Waals surface area contributed by atoms with Gasteiger partial charge in [-0.2, -0.15) is 0 Å². The lowest BCUT2D eigenvalue weighted by Crippen LogP contribution is -2.38. The highest BCUT2D eigenvalue weighted by molar-refractivity contribution is 7.89. The van der Waals surface area contributed by atoms with Crippen molar-refractivity contribution >= 4 is 22.0 Å². The van der Waals surface area contributed by atoms with E-state index in [1.165, 1.54) is 0 Å². The van der Waals surface area contributed by atoms with E-state index in [9.17, 15) is 18.0 Å². The molecule has 8 heteroatoms. The van der Waals surface area contributed by atoms with Crippen molar-refractivity contribution in [3.8, 4) is 0 Å². The highest BCUT2D eigenvalue weighted by atomic mass is 32.2. The summed E-state index contributed by atoms with van der Waals surface area (Å²) in [5.74, 6) is -0.917. The summed E-state index contributed by atoms with van der Waals surface area (Å²) in [6, 6.07) is 0. The molecule has 0 heterocycles. The number of nitrogens with one attached hydrogen (secondary N) is 2. The molecule has 3 N–H and O–H groups in total. The fourth-order valence-electron chi connectivity index (χ4n) is 0.399. The first-order chi connectivity index (χ1) is 5.31. The Morgan fingerprint density at radius 2 is 1.92 bits per heavy atom. The maximum absolute atomic E-state index is 10.5. The van der Waals surface area contributed by atoms with Gasteiger partial charge in [0.2, 0.25) is 10.0 Å². The van der Waals surface area contributed by atoms with E-state index in [1.807, 2.05) is 0 Å². The molecule has 0 unspecified atom stereocenters. The van der Waals surface area contributed by atoms with E-state index in [4.69, 9.17) is 5.11 Å². The Bertz CT molecular complexity index is 282. The molecule has 0 aliphatic rings. The summed E-state index contributed by atoms with van der Waals surface area (Å²) in [6.07, 6.45) is -0.593. The van der Waals surface area contributed by atoms with Crippen molar-refractivity contribution in [2.45, 2.75) is 0 Å². The number of hydrogen-bond donors (Lipinski definition) is 3. The van der Waals surface area contributed by atoms with Gasteiger partial charge in [0.25, 0.3) is 5.91 Å². The van der Waals surface area contributed by atoms with Gasteiger partial charge in [0.05, 0.1) is 6.26 Å². The van der Waals surface area contributed by atoms with Gasteiger partial charge in [-0.1, -0.05) is 0 Å². The largest absolute Gasteiger partial charge is 0.465 e. The summed E-state index contributed by atoms with van der Waals surface area (Å²) in [4.78, 5) is 20.4. The van der Waals surface area contributed by atoms with Crippen molar-refractivity contribution in [2.24, 2.45) is 0 Å². The maximum Gasteiger partial charge on any atom is 0.405 e. The van der Waals surface area contributed by atoms with Gasteiger partial charge in [0.15, 0.2) is 0 Å². The van der Waals surface area contributed by atoms with Crippen molar-refractivity contribution in [3.05, 3.63) is 0 Å². The first kappa shape index (κ1) is 10.7.